The van der Waals surface area contributed by atoms with Gasteiger partial charge in [0.25, 0.3) is 0 Å². The number of hydrogen-bond donors (Lipinski definition) is 0. The van der Waals surface area contributed by atoms with Crippen molar-refractivity contribution in [3.05, 3.63) is 30.1 Å². The summed E-state index contributed by atoms with van der Waals surface area (Å²) >= 11 is 0. The van der Waals surface area contributed by atoms with Gasteiger partial charge in [0.05, 0.1) is 0 Å². The maximum absolute atomic E-state index is 13.1. The molecule has 2 heterocycles. The van der Waals surface area contributed by atoms with Crippen LogP contribution in [0.15, 0.2) is 24.3 Å². The van der Waals surface area contributed by atoms with E-state index in [1.54, 1.807) is 19.1 Å². The van der Waals surface area contributed by atoms with Gasteiger partial charge < -0.3 is 14.7 Å². The van der Waals surface area contributed by atoms with Crippen LogP contribution in [0.25, 0.3) is 0 Å². The lowest BCUT2D eigenvalue weighted by Gasteiger charge is -2.34. The molecule has 0 aliphatic carbocycles. The van der Waals surface area contributed by atoms with E-state index < -0.39 is 0 Å². The molecule has 1 aliphatic heterocycles. The third-order valence-electron chi connectivity index (χ3n) is 4.35. The summed E-state index contributed by atoms with van der Waals surface area (Å²) in [6.45, 7) is 4.42. The summed E-state index contributed by atoms with van der Waals surface area (Å²) in [5.41, 5.74) is 0.833. The number of benzene rings is 1. The van der Waals surface area contributed by atoms with E-state index in [0.717, 1.165) is 24.7 Å². The first kappa shape index (κ1) is 19.0. The molecule has 1 saturated heterocycles. The highest BCUT2D eigenvalue weighted by molar-refractivity contribution is 5.85. The molecule has 1 aliphatic rings. The smallest absolute Gasteiger partial charge is 0.232 e. The van der Waals surface area contributed by atoms with E-state index >= 15 is 0 Å². The normalized spacial score (nSPS) is 14.2. The Bertz CT molecular complexity index is 727. The molecular formula is C16H22ClFN6O. The van der Waals surface area contributed by atoms with Gasteiger partial charge in [-0.25, -0.2) is 4.39 Å². The Balaban J connectivity index is 0.00000225. The van der Waals surface area contributed by atoms with Crippen molar-refractivity contribution in [2.45, 2.75) is 6.92 Å². The van der Waals surface area contributed by atoms with E-state index in [-0.39, 0.29) is 24.1 Å². The lowest BCUT2D eigenvalue weighted by Crippen LogP contribution is -2.48. The van der Waals surface area contributed by atoms with E-state index in [4.69, 9.17) is 0 Å². The van der Waals surface area contributed by atoms with Gasteiger partial charge in [-0.3, -0.25) is 9.36 Å². The van der Waals surface area contributed by atoms with Crippen molar-refractivity contribution in [1.29, 1.82) is 0 Å². The Morgan fingerprint density at radius 1 is 1.12 bits per heavy atom. The molecule has 25 heavy (non-hydrogen) atoms. The molecule has 0 radical (unpaired) electrons. The van der Waals surface area contributed by atoms with Crippen LogP contribution in [-0.2, 0) is 11.8 Å². The number of aromatic nitrogens is 3. The van der Waals surface area contributed by atoms with Crippen molar-refractivity contribution in [3.8, 4) is 0 Å². The zero-order valence-electron chi connectivity index (χ0n) is 14.5. The number of nitrogens with zero attached hydrogens (tertiary/aromatic N) is 6. The van der Waals surface area contributed by atoms with Crippen LogP contribution < -0.4 is 9.80 Å². The summed E-state index contributed by atoms with van der Waals surface area (Å²) in [6, 6.07) is 6.25. The average molecular weight is 369 g/mol. The molecule has 0 saturated carbocycles. The molecule has 1 aromatic carbocycles. The number of halogens is 2. The molecule has 0 atom stereocenters. The summed E-state index contributed by atoms with van der Waals surface area (Å²) in [7, 11) is 3.77. The van der Waals surface area contributed by atoms with Crippen LogP contribution in [0.1, 0.15) is 6.92 Å². The van der Waals surface area contributed by atoms with Crippen molar-refractivity contribution < 1.29 is 9.18 Å². The van der Waals surface area contributed by atoms with Gasteiger partial charge in [0.1, 0.15) is 5.82 Å². The molecule has 7 nitrogen and oxygen atoms in total. The number of rotatable bonds is 3. The first-order valence-corrected chi connectivity index (χ1v) is 7.86. The van der Waals surface area contributed by atoms with Gasteiger partial charge in [-0.15, -0.1) is 22.6 Å². The standard InChI is InChI=1S/C16H21FN6O.ClH/c1-12(24)22-8-10-23(11-9-22)16-19-18-15(21(16)3)20(2)14-6-4-13(17)5-7-14;/h4-7H,8-11H2,1-3H3;1H. The Labute approximate surface area is 152 Å². The largest absolute Gasteiger partial charge is 0.339 e. The minimum atomic E-state index is -0.269. The van der Waals surface area contributed by atoms with Crippen LogP contribution in [0.2, 0.25) is 0 Å². The number of carbonyl (C=O) groups is 1. The molecule has 136 valence electrons. The lowest BCUT2D eigenvalue weighted by molar-refractivity contribution is -0.129. The minimum Gasteiger partial charge on any atom is -0.339 e. The molecule has 3 rings (SSSR count). The molecule has 0 unspecified atom stereocenters. The molecule has 1 fully saturated rings. The molecule has 0 spiro atoms. The third-order valence-corrected chi connectivity index (χ3v) is 4.35. The third kappa shape index (κ3) is 3.84. The fourth-order valence-electron chi connectivity index (χ4n) is 2.88. The maximum atomic E-state index is 13.1. The predicted octanol–water partition coefficient (Wildman–Crippen LogP) is 1.81. The Morgan fingerprint density at radius 3 is 2.28 bits per heavy atom. The molecule has 0 N–H and O–H groups in total. The van der Waals surface area contributed by atoms with Crippen LogP contribution in [0.5, 0.6) is 0 Å². The highest BCUT2D eigenvalue weighted by Gasteiger charge is 2.24. The molecule has 0 bridgehead atoms. The summed E-state index contributed by atoms with van der Waals surface area (Å²) in [6.07, 6.45) is 0. The van der Waals surface area contributed by atoms with Gasteiger partial charge in [0, 0.05) is 52.9 Å². The van der Waals surface area contributed by atoms with Gasteiger partial charge in [-0.1, -0.05) is 0 Å². The van der Waals surface area contributed by atoms with Crippen molar-refractivity contribution >= 4 is 35.9 Å². The van der Waals surface area contributed by atoms with E-state index in [0.29, 0.717) is 19.0 Å². The Kier molecular flexibility index (Phi) is 5.84. The molecule has 9 heteroatoms. The van der Waals surface area contributed by atoms with Gasteiger partial charge in [0.2, 0.25) is 17.8 Å². The van der Waals surface area contributed by atoms with Gasteiger partial charge >= 0.3 is 0 Å². The summed E-state index contributed by atoms with van der Waals surface area (Å²) < 4.78 is 15.0. The molecular weight excluding hydrogens is 347 g/mol. The van der Waals surface area contributed by atoms with Crippen LogP contribution in [0, 0.1) is 5.82 Å². The lowest BCUT2D eigenvalue weighted by atomic mass is 10.3. The number of amides is 1. The van der Waals surface area contributed by atoms with Crippen LogP contribution in [-0.4, -0.2) is 58.8 Å². The van der Waals surface area contributed by atoms with Crippen molar-refractivity contribution in [3.63, 3.8) is 0 Å². The molecule has 1 aromatic heterocycles. The maximum Gasteiger partial charge on any atom is 0.232 e. The van der Waals surface area contributed by atoms with Gasteiger partial charge in [0.15, 0.2) is 0 Å². The van der Waals surface area contributed by atoms with Crippen molar-refractivity contribution in [2.24, 2.45) is 7.05 Å². The second-order valence-electron chi connectivity index (χ2n) is 5.89. The topological polar surface area (TPSA) is 57.5 Å². The Hall–Kier alpha value is -2.35. The van der Waals surface area contributed by atoms with Crippen LogP contribution >= 0.6 is 12.4 Å². The van der Waals surface area contributed by atoms with E-state index in [2.05, 4.69) is 15.1 Å². The number of carbonyl (C=O) groups excluding carboxylic acids is 1. The van der Waals surface area contributed by atoms with Gasteiger partial charge in [-0.2, -0.15) is 0 Å². The summed E-state index contributed by atoms with van der Waals surface area (Å²) in [5.74, 6) is 1.27. The highest BCUT2D eigenvalue weighted by atomic mass is 35.5. The summed E-state index contributed by atoms with van der Waals surface area (Å²) in [5, 5.41) is 8.56. The van der Waals surface area contributed by atoms with Crippen molar-refractivity contribution in [1.82, 2.24) is 19.7 Å². The molecule has 2 aromatic rings. The van der Waals surface area contributed by atoms with Crippen LogP contribution in [0.3, 0.4) is 0 Å². The van der Waals surface area contributed by atoms with Crippen molar-refractivity contribution in [2.75, 3.05) is 43.0 Å². The SMILES string of the molecule is CC(=O)N1CCN(c2nnc(N(C)c3ccc(F)cc3)n2C)CC1.Cl. The molecule has 1 amide bonds. The summed E-state index contributed by atoms with van der Waals surface area (Å²) in [4.78, 5) is 17.2. The minimum absolute atomic E-state index is 0. The fraction of sp³-hybridized carbons (Fsp3) is 0.438. The first-order valence-electron chi connectivity index (χ1n) is 7.86. The van der Waals surface area contributed by atoms with Gasteiger partial charge in [-0.05, 0) is 24.3 Å². The number of anilines is 3. The monoisotopic (exact) mass is 368 g/mol. The van der Waals surface area contributed by atoms with E-state index in [1.165, 1.54) is 12.1 Å². The quantitative estimate of drug-likeness (QED) is 0.827. The second kappa shape index (κ2) is 7.69. The number of piperazine rings is 1. The Morgan fingerprint density at radius 2 is 1.72 bits per heavy atom. The zero-order valence-corrected chi connectivity index (χ0v) is 15.3. The first-order chi connectivity index (χ1) is 11.5. The highest BCUT2D eigenvalue weighted by Crippen LogP contribution is 2.25. The number of hydrogen-bond acceptors (Lipinski definition) is 5. The average Bonchev–Trinajstić information content (AvgIpc) is 2.96. The van der Waals surface area contributed by atoms with E-state index in [9.17, 15) is 9.18 Å². The second-order valence-corrected chi connectivity index (χ2v) is 5.89. The van der Waals surface area contributed by atoms with Crippen LogP contribution in [0.4, 0.5) is 22.0 Å². The van der Waals surface area contributed by atoms with E-state index in [1.807, 2.05) is 28.5 Å². The zero-order chi connectivity index (χ0) is 17.3. The fourth-order valence-corrected chi connectivity index (χ4v) is 2.88. The predicted molar refractivity (Wildman–Crippen MR) is 97.2 cm³/mol.